The highest BCUT2D eigenvalue weighted by Crippen LogP contribution is 2.32. The van der Waals surface area contributed by atoms with Gasteiger partial charge in [-0.15, -0.1) is 0 Å². The van der Waals surface area contributed by atoms with Crippen LogP contribution in [-0.2, 0) is 10.1 Å². The minimum atomic E-state index is -4.08. The Morgan fingerprint density at radius 2 is 1.60 bits per heavy atom. The Balaban J connectivity index is 2.49. The van der Waals surface area contributed by atoms with Crippen LogP contribution in [0.1, 0.15) is 11.1 Å². The molecule has 0 spiro atoms. The molecule has 0 amide bonds. The second-order valence-electron chi connectivity index (χ2n) is 4.36. The van der Waals surface area contributed by atoms with E-state index >= 15 is 0 Å². The molecule has 2 aromatic carbocycles. The van der Waals surface area contributed by atoms with E-state index in [-0.39, 0.29) is 20.7 Å². The topological polar surface area (TPSA) is 43.4 Å². The lowest BCUT2D eigenvalue weighted by Crippen LogP contribution is -2.11. The van der Waals surface area contributed by atoms with Gasteiger partial charge in [-0.2, -0.15) is 8.42 Å². The second-order valence-corrected chi connectivity index (χ2v) is 6.65. The highest BCUT2D eigenvalue weighted by atomic mass is 35.5. The fourth-order valence-corrected chi connectivity index (χ4v) is 3.76. The van der Waals surface area contributed by atoms with Gasteiger partial charge in [0.15, 0.2) is 0 Å². The number of hydrogen-bond donors (Lipinski definition) is 0. The Kier molecular flexibility index (Phi) is 4.28. The number of hydrogen-bond acceptors (Lipinski definition) is 3. The Morgan fingerprint density at radius 3 is 2.20 bits per heavy atom. The zero-order chi connectivity index (χ0) is 14.9. The molecule has 2 aromatic rings. The molecule has 106 valence electrons. The van der Waals surface area contributed by atoms with Gasteiger partial charge in [-0.3, -0.25) is 0 Å². The van der Waals surface area contributed by atoms with Gasteiger partial charge in [-0.05, 0) is 43.2 Å². The molecular weight excluding hydrogens is 319 g/mol. The fraction of sp³-hybridized carbons (Fsp3) is 0.143. The lowest BCUT2D eigenvalue weighted by molar-refractivity contribution is 0.484. The number of rotatable bonds is 3. The summed E-state index contributed by atoms with van der Waals surface area (Å²) in [7, 11) is -4.08. The number of halogens is 2. The average molecular weight is 331 g/mol. The largest absolute Gasteiger partial charge is 0.379 e. The van der Waals surface area contributed by atoms with Crippen LogP contribution in [0, 0.1) is 13.8 Å². The summed E-state index contributed by atoms with van der Waals surface area (Å²) in [6, 6.07) is 9.78. The van der Waals surface area contributed by atoms with Crippen LogP contribution < -0.4 is 4.18 Å². The van der Waals surface area contributed by atoms with Gasteiger partial charge in [0.2, 0.25) is 0 Å². The van der Waals surface area contributed by atoms with Crippen LogP contribution in [0.4, 0.5) is 0 Å². The first kappa shape index (κ1) is 15.2. The molecule has 0 aromatic heterocycles. The molecule has 0 N–H and O–H groups in total. The molecule has 0 bridgehead atoms. The fourth-order valence-electron chi connectivity index (χ4n) is 1.68. The molecule has 0 aliphatic carbocycles. The smallest absolute Gasteiger partial charge is 0.342 e. The van der Waals surface area contributed by atoms with Gasteiger partial charge in [-0.25, -0.2) is 0 Å². The molecule has 20 heavy (non-hydrogen) atoms. The maximum Gasteiger partial charge on any atom is 0.342 e. The summed E-state index contributed by atoms with van der Waals surface area (Å²) < 4.78 is 29.8. The van der Waals surface area contributed by atoms with Crippen molar-refractivity contribution >= 4 is 33.3 Å². The number of benzene rings is 2. The Bertz CT molecular complexity index is 735. The van der Waals surface area contributed by atoms with Crippen molar-refractivity contribution in [2.75, 3.05) is 0 Å². The third kappa shape index (κ3) is 3.08. The highest BCUT2D eigenvalue weighted by molar-refractivity contribution is 7.87. The van der Waals surface area contributed by atoms with Crippen molar-refractivity contribution in [2.45, 2.75) is 18.7 Å². The Labute approximate surface area is 128 Å². The third-order valence-electron chi connectivity index (χ3n) is 2.71. The summed E-state index contributed by atoms with van der Waals surface area (Å²) in [6.45, 7) is 3.61. The molecular formula is C14H12Cl2O3S. The molecule has 0 radical (unpaired) electrons. The zero-order valence-corrected chi connectivity index (χ0v) is 13.2. The van der Waals surface area contributed by atoms with E-state index in [4.69, 9.17) is 27.4 Å². The summed E-state index contributed by atoms with van der Waals surface area (Å²) in [5.41, 5.74) is 1.61. The minimum Gasteiger partial charge on any atom is -0.379 e. The summed E-state index contributed by atoms with van der Waals surface area (Å²) in [5.74, 6) is 0.265. The van der Waals surface area contributed by atoms with Crippen LogP contribution in [0.15, 0.2) is 41.3 Å². The van der Waals surface area contributed by atoms with Crippen molar-refractivity contribution in [3.8, 4) is 5.75 Å². The van der Waals surface area contributed by atoms with Crippen molar-refractivity contribution in [1.82, 2.24) is 0 Å². The van der Waals surface area contributed by atoms with Crippen LogP contribution in [0.3, 0.4) is 0 Å². The Morgan fingerprint density at radius 1 is 1.00 bits per heavy atom. The number of aryl methyl sites for hydroxylation is 2. The molecule has 0 fully saturated rings. The van der Waals surface area contributed by atoms with Crippen molar-refractivity contribution < 1.29 is 12.6 Å². The maximum absolute atomic E-state index is 12.3. The van der Waals surface area contributed by atoms with Gasteiger partial charge >= 0.3 is 10.1 Å². The molecule has 3 nitrogen and oxygen atoms in total. The summed E-state index contributed by atoms with van der Waals surface area (Å²) >= 11 is 11.8. The van der Waals surface area contributed by atoms with Crippen molar-refractivity contribution in [3.63, 3.8) is 0 Å². The van der Waals surface area contributed by atoms with E-state index in [1.165, 1.54) is 12.1 Å². The second kappa shape index (κ2) is 5.64. The van der Waals surface area contributed by atoms with E-state index in [0.717, 1.165) is 5.56 Å². The van der Waals surface area contributed by atoms with Crippen LogP contribution in [0.5, 0.6) is 5.75 Å². The molecule has 0 saturated heterocycles. The maximum atomic E-state index is 12.3. The van der Waals surface area contributed by atoms with E-state index in [2.05, 4.69) is 0 Å². The molecule has 0 unspecified atom stereocenters. The van der Waals surface area contributed by atoms with E-state index in [1.54, 1.807) is 25.1 Å². The van der Waals surface area contributed by atoms with Crippen LogP contribution in [0.2, 0.25) is 10.0 Å². The van der Waals surface area contributed by atoms with E-state index in [0.29, 0.717) is 5.56 Å². The third-order valence-corrected chi connectivity index (χ3v) is 4.90. The SMILES string of the molecule is Cc1ccc(C)c(OS(=O)(=O)c2c(Cl)cccc2Cl)c1. The Hall–Kier alpha value is -1.23. The lowest BCUT2D eigenvalue weighted by Gasteiger charge is -2.12. The van der Waals surface area contributed by atoms with Gasteiger partial charge in [-0.1, -0.05) is 41.4 Å². The van der Waals surface area contributed by atoms with Gasteiger partial charge in [0.05, 0.1) is 10.0 Å². The van der Waals surface area contributed by atoms with Crippen molar-refractivity contribution in [1.29, 1.82) is 0 Å². The quantitative estimate of drug-likeness (QED) is 0.784. The zero-order valence-electron chi connectivity index (χ0n) is 10.9. The van der Waals surface area contributed by atoms with Crippen molar-refractivity contribution in [3.05, 3.63) is 57.6 Å². The monoisotopic (exact) mass is 330 g/mol. The molecule has 0 heterocycles. The first-order valence-corrected chi connectivity index (χ1v) is 7.93. The molecule has 0 atom stereocenters. The predicted molar refractivity (Wildman–Crippen MR) is 80.2 cm³/mol. The molecule has 0 aliphatic rings. The lowest BCUT2D eigenvalue weighted by atomic mass is 10.1. The van der Waals surface area contributed by atoms with Gasteiger partial charge in [0.1, 0.15) is 10.6 Å². The summed E-state index contributed by atoms with van der Waals surface area (Å²) in [5, 5.41) is 0.0608. The summed E-state index contributed by atoms with van der Waals surface area (Å²) in [6.07, 6.45) is 0. The average Bonchev–Trinajstić information content (AvgIpc) is 2.33. The molecule has 0 saturated carbocycles. The summed E-state index contributed by atoms with van der Waals surface area (Å²) in [4.78, 5) is -0.218. The van der Waals surface area contributed by atoms with Crippen LogP contribution in [-0.4, -0.2) is 8.42 Å². The molecule has 2 rings (SSSR count). The molecule has 6 heteroatoms. The first-order chi connectivity index (χ1) is 9.31. The van der Waals surface area contributed by atoms with E-state index in [1.807, 2.05) is 13.0 Å². The van der Waals surface area contributed by atoms with Gasteiger partial charge < -0.3 is 4.18 Å². The minimum absolute atomic E-state index is 0.0304. The van der Waals surface area contributed by atoms with Crippen LogP contribution >= 0.6 is 23.2 Å². The van der Waals surface area contributed by atoms with E-state index in [9.17, 15) is 8.42 Å². The normalized spacial score (nSPS) is 11.4. The van der Waals surface area contributed by atoms with E-state index < -0.39 is 10.1 Å². The first-order valence-electron chi connectivity index (χ1n) is 5.77. The van der Waals surface area contributed by atoms with Gasteiger partial charge in [0, 0.05) is 0 Å². The van der Waals surface area contributed by atoms with Crippen LogP contribution in [0.25, 0.3) is 0 Å². The predicted octanol–water partition coefficient (Wildman–Crippen LogP) is 4.38. The standard InChI is InChI=1S/C14H12Cl2O3S/c1-9-6-7-10(2)13(8-9)19-20(17,18)14-11(15)4-3-5-12(14)16/h3-8H,1-2H3. The van der Waals surface area contributed by atoms with Crippen molar-refractivity contribution in [2.24, 2.45) is 0 Å². The highest BCUT2D eigenvalue weighted by Gasteiger charge is 2.24. The van der Waals surface area contributed by atoms with Gasteiger partial charge in [0.25, 0.3) is 0 Å². The molecule has 0 aliphatic heterocycles.